The lowest BCUT2D eigenvalue weighted by atomic mass is 10.2. The predicted molar refractivity (Wildman–Crippen MR) is 105 cm³/mol. The molecule has 3 aromatic rings. The molecule has 0 saturated carbocycles. The van der Waals surface area contributed by atoms with Crippen LogP contribution in [0.1, 0.15) is 15.9 Å². The number of aromatic nitrogens is 1. The van der Waals surface area contributed by atoms with Gasteiger partial charge < -0.3 is 15.2 Å². The molecule has 3 rings (SSSR count). The molecule has 6 nitrogen and oxygen atoms in total. The second kappa shape index (κ2) is 8.47. The summed E-state index contributed by atoms with van der Waals surface area (Å²) in [5.41, 5.74) is 0.909. The zero-order valence-corrected chi connectivity index (χ0v) is 15.4. The van der Waals surface area contributed by atoms with Gasteiger partial charge in [-0.2, -0.15) is 0 Å². The molecule has 8 heteroatoms. The highest BCUT2D eigenvalue weighted by molar-refractivity contribution is 6.04. The zero-order chi connectivity index (χ0) is 21.0. The van der Waals surface area contributed by atoms with E-state index in [2.05, 4.69) is 10.6 Å². The number of rotatable bonds is 5. The fourth-order valence-corrected chi connectivity index (χ4v) is 2.62. The van der Waals surface area contributed by atoms with Crippen LogP contribution in [0.3, 0.4) is 0 Å². The average molecular weight is 397 g/mol. The second-order valence-corrected chi connectivity index (χ2v) is 6.38. The molecule has 0 unspecified atom stereocenters. The molecule has 0 radical (unpaired) electrons. The number of hydrogen-bond donors (Lipinski definition) is 2. The lowest BCUT2D eigenvalue weighted by Crippen LogP contribution is -2.26. The van der Waals surface area contributed by atoms with E-state index in [-0.39, 0.29) is 23.4 Å². The lowest BCUT2D eigenvalue weighted by molar-refractivity contribution is -0.116. The van der Waals surface area contributed by atoms with Crippen LogP contribution >= 0.6 is 0 Å². The third-order valence-corrected chi connectivity index (χ3v) is 4.05. The van der Waals surface area contributed by atoms with Gasteiger partial charge in [-0.1, -0.05) is 6.07 Å². The van der Waals surface area contributed by atoms with Crippen LogP contribution in [0.25, 0.3) is 0 Å². The summed E-state index contributed by atoms with van der Waals surface area (Å²) in [6.07, 6.45) is 1.58. The molecule has 0 spiro atoms. The monoisotopic (exact) mass is 397 g/mol. The molecular formula is C21H17F2N3O3. The number of nitrogens with one attached hydrogen (secondary N) is 2. The van der Waals surface area contributed by atoms with Gasteiger partial charge in [0.1, 0.15) is 18.2 Å². The first-order chi connectivity index (χ1) is 13.8. The molecule has 29 heavy (non-hydrogen) atoms. The van der Waals surface area contributed by atoms with Crippen molar-refractivity contribution in [3.63, 3.8) is 0 Å². The number of hydrogen-bond acceptors (Lipinski definition) is 3. The van der Waals surface area contributed by atoms with Crippen LogP contribution in [0.4, 0.5) is 20.2 Å². The largest absolute Gasteiger partial charge is 0.325 e. The highest BCUT2D eigenvalue weighted by Crippen LogP contribution is 2.17. The van der Waals surface area contributed by atoms with Crippen LogP contribution in [0.2, 0.25) is 0 Å². The molecule has 1 aromatic heterocycles. The van der Waals surface area contributed by atoms with Gasteiger partial charge in [0.25, 0.3) is 11.5 Å². The van der Waals surface area contributed by atoms with E-state index in [1.807, 2.05) is 6.92 Å². The van der Waals surface area contributed by atoms with E-state index in [0.717, 1.165) is 23.8 Å². The summed E-state index contributed by atoms with van der Waals surface area (Å²) in [7, 11) is 0. The number of halogens is 2. The summed E-state index contributed by atoms with van der Waals surface area (Å²) in [5.74, 6) is -2.46. The van der Waals surface area contributed by atoms with Gasteiger partial charge >= 0.3 is 0 Å². The van der Waals surface area contributed by atoms with Crippen molar-refractivity contribution >= 4 is 23.2 Å². The molecule has 2 amide bonds. The molecule has 0 aliphatic rings. The number of pyridine rings is 1. The van der Waals surface area contributed by atoms with Crippen LogP contribution in [0.15, 0.2) is 65.6 Å². The summed E-state index contributed by atoms with van der Waals surface area (Å²) in [6.45, 7) is 1.66. The predicted octanol–water partition coefficient (Wildman–Crippen LogP) is 3.33. The number of carbonyl (C=O) groups is 2. The Kier molecular flexibility index (Phi) is 5.82. The van der Waals surface area contributed by atoms with Crippen molar-refractivity contribution in [2.45, 2.75) is 13.5 Å². The molecule has 1 heterocycles. The Morgan fingerprint density at radius 2 is 1.69 bits per heavy atom. The third kappa shape index (κ3) is 5.13. The van der Waals surface area contributed by atoms with Crippen molar-refractivity contribution in [3.05, 3.63) is 93.9 Å². The van der Waals surface area contributed by atoms with E-state index in [1.54, 1.807) is 12.3 Å². The first kappa shape index (κ1) is 19.9. The Balaban J connectivity index is 1.64. The zero-order valence-electron chi connectivity index (χ0n) is 15.4. The van der Waals surface area contributed by atoms with E-state index in [1.165, 1.54) is 34.9 Å². The number of benzene rings is 2. The normalized spacial score (nSPS) is 10.4. The van der Waals surface area contributed by atoms with E-state index in [4.69, 9.17) is 0 Å². The van der Waals surface area contributed by atoms with Crippen molar-refractivity contribution in [3.8, 4) is 0 Å². The van der Waals surface area contributed by atoms with E-state index in [0.29, 0.717) is 5.69 Å². The number of anilines is 2. The average Bonchev–Trinajstić information content (AvgIpc) is 2.68. The first-order valence-corrected chi connectivity index (χ1v) is 8.65. The van der Waals surface area contributed by atoms with Crippen LogP contribution in [-0.2, 0) is 11.3 Å². The Morgan fingerprint density at radius 3 is 2.41 bits per heavy atom. The minimum atomic E-state index is -0.755. The smallest absolute Gasteiger partial charge is 0.255 e. The van der Waals surface area contributed by atoms with E-state index < -0.39 is 23.4 Å². The molecule has 0 bridgehead atoms. The summed E-state index contributed by atoms with van der Waals surface area (Å²) in [5, 5.41) is 4.92. The lowest BCUT2D eigenvalue weighted by Gasteiger charge is -2.09. The maximum Gasteiger partial charge on any atom is 0.255 e. The van der Waals surface area contributed by atoms with Gasteiger partial charge in [0, 0.05) is 29.6 Å². The van der Waals surface area contributed by atoms with Crippen molar-refractivity contribution in [2.24, 2.45) is 0 Å². The van der Waals surface area contributed by atoms with Gasteiger partial charge in [-0.3, -0.25) is 14.4 Å². The molecule has 0 saturated heterocycles. The van der Waals surface area contributed by atoms with Crippen molar-refractivity contribution in [1.29, 1.82) is 0 Å². The third-order valence-electron chi connectivity index (χ3n) is 4.05. The Morgan fingerprint density at radius 1 is 0.966 bits per heavy atom. The van der Waals surface area contributed by atoms with Crippen molar-refractivity contribution < 1.29 is 18.4 Å². The summed E-state index contributed by atoms with van der Waals surface area (Å²) < 4.78 is 28.1. The van der Waals surface area contributed by atoms with Crippen LogP contribution in [-0.4, -0.2) is 16.4 Å². The fourth-order valence-electron chi connectivity index (χ4n) is 2.62. The van der Waals surface area contributed by atoms with Crippen molar-refractivity contribution in [2.75, 3.05) is 10.6 Å². The maximum absolute atomic E-state index is 13.6. The number of amides is 2. The fraction of sp³-hybridized carbons (Fsp3) is 0.0952. The molecule has 2 aromatic carbocycles. The first-order valence-electron chi connectivity index (χ1n) is 8.65. The molecule has 0 aliphatic heterocycles. The van der Waals surface area contributed by atoms with E-state index >= 15 is 0 Å². The van der Waals surface area contributed by atoms with E-state index in [9.17, 15) is 23.2 Å². The highest BCUT2D eigenvalue weighted by atomic mass is 19.1. The Labute approximate surface area is 164 Å². The number of aryl methyl sites for hydroxylation is 1. The number of nitrogens with zero attached hydrogens (tertiary/aromatic N) is 1. The molecule has 0 atom stereocenters. The topological polar surface area (TPSA) is 80.2 Å². The quantitative estimate of drug-likeness (QED) is 0.693. The summed E-state index contributed by atoms with van der Waals surface area (Å²) in [6, 6.07) is 11.7. The van der Waals surface area contributed by atoms with Gasteiger partial charge in [0.2, 0.25) is 5.91 Å². The van der Waals surface area contributed by atoms with Crippen LogP contribution in [0.5, 0.6) is 0 Å². The number of carbonyl (C=O) groups excluding carboxylic acids is 2. The minimum Gasteiger partial charge on any atom is -0.325 e. The Hall–Kier alpha value is -3.81. The van der Waals surface area contributed by atoms with Crippen LogP contribution in [0, 0.1) is 18.6 Å². The second-order valence-electron chi connectivity index (χ2n) is 6.38. The van der Waals surface area contributed by atoms with Gasteiger partial charge in [-0.15, -0.1) is 0 Å². The summed E-state index contributed by atoms with van der Waals surface area (Å²) in [4.78, 5) is 36.1. The molecule has 148 valence electrons. The van der Waals surface area contributed by atoms with Gasteiger partial charge in [0.05, 0.1) is 5.69 Å². The molecular weight excluding hydrogens is 380 g/mol. The Bertz CT molecular complexity index is 1120. The van der Waals surface area contributed by atoms with Crippen LogP contribution < -0.4 is 16.2 Å². The standard InChI is InChI=1S/C21H17F2N3O3/c1-13-2-9-20(28)26(11-13)12-19(27)24-16-6-3-14(4-7-16)21(29)25-18-10-15(22)5-8-17(18)23/h2-11H,12H2,1H3,(H,24,27)(H,25,29). The molecule has 0 aliphatic carbocycles. The van der Waals surface area contributed by atoms with Gasteiger partial charge in [-0.05, 0) is 48.9 Å². The SMILES string of the molecule is Cc1ccc(=O)n(CC(=O)Nc2ccc(C(=O)Nc3cc(F)ccc3F)cc2)c1. The summed E-state index contributed by atoms with van der Waals surface area (Å²) >= 11 is 0. The van der Waals surface area contributed by atoms with Gasteiger partial charge in [0.15, 0.2) is 0 Å². The molecule has 0 fully saturated rings. The van der Waals surface area contributed by atoms with Gasteiger partial charge in [-0.25, -0.2) is 8.78 Å². The minimum absolute atomic E-state index is 0.151. The maximum atomic E-state index is 13.6. The van der Waals surface area contributed by atoms with Crippen molar-refractivity contribution in [1.82, 2.24) is 4.57 Å². The molecule has 2 N–H and O–H groups in total. The highest BCUT2D eigenvalue weighted by Gasteiger charge is 2.11.